The molecule has 0 aromatic heterocycles. The molecule has 1 N–H and O–H groups in total. The van der Waals surface area contributed by atoms with Gasteiger partial charge in [0.1, 0.15) is 0 Å². The Kier molecular flexibility index (Phi) is 11.0. The molecule has 0 saturated carbocycles. The summed E-state index contributed by atoms with van der Waals surface area (Å²) in [6.45, 7) is 6.69. The predicted octanol–water partition coefficient (Wildman–Crippen LogP) is 4.10. The van der Waals surface area contributed by atoms with Crippen molar-refractivity contribution in [1.82, 2.24) is 0 Å². The molecule has 15 heavy (non-hydrogen) atoms. The Balaban J connectivity index is 3.15. The van der Waals surface area contributed by atoms with E-state index in [1.54, 1.807) is 0 Å². The van der Waals surface area contributed by atoms with Crippen LogP contribution in [0.4, 0.5) is 0 Å². The Bertz CT molecular complexity index is 126. The Morgan fingerprint density at radius 1 is 1.00 bits per heavy atom. The van der Waals surface area contributed by atoms with E-state index in [0.29, 0.717) is 0 Å². The van der Waals surface area contributed by atoms with Crippen molar-refractivity contribution in [2.45, 2.75) is 65.4 Å². The van der Waals surface area contributed by atoms with Crippen molar-refractivity contribution in [2.75, 3.05) is 11.5 Å². The van der Waals surface area contributed by atoms with Crippen LogP contribution in [0.5, 0.6) is 0 Å². The first kappa shape index (κ1) is 15.3. The van der Waals surface area contributed by atoms with E-state index in [2.05, 4.69) is 20.8 Å². The molecule has 0 aliphatic heterocycles. The van der Waals surface area contributed by atoms with E-state index < -0.39 is 0 Å². The zero-order chi connectivity index (χ0) is 11.5. The van der Waals surface area contributed by atoms with Gasteiger partial charge in [-0.1, -0.05) is 52.9 Å². The van der Waals surface area contributed by atoms with Crippen LogP contribution in [0.3, 0.4) is 0 Å². The van der Waals surface area contributed by atoms with Crippen LogP contribution in [0.15, 0.2) is 0 Å². The number of aliphatic hydroxyl groups is 1. The minimum Gasteiger partial charge on any atom is -0.392 e. The second-order valence-corrected chi connectivity index (χ2v) is 5.86. The molecule has 0 aliphatic carbocycles. The minimum atomic E-state index is -0.0737. The van der Waals surface area contributed by atoms with Crippen LogP contribution in [0.1, 0.15) is 59.3 Å². The van der Waals surface area contributed by atoms with Gasteiger partial charge in [-0.25, -0.2) is 0 Å². The van der Waals surface area contributed by atoms with E-state index in [1.807, 2.05) is 11.8 Å². The second-order valence-electron chi connectivity index (χ2n) is 4.79. The van der Waals surface area contributed by atoms with Gasteiger partial charge in [-0.15, -0.1) is 0 Å². The summed E-state index contributed by atoms with van der Waals surface area (Å²) in [6, 6.07) is 0. The van der Waals surface area contributed by atoms with Crippen molar-refractivity contribution in [2.24, 2.45) is 5.92 Å². The van der Waals surface area contributed by atoms with Crippen molar-refractivity contribution in [1.29, 1.82) is 0 Å². The van der Waals surface area contributed by atoms with E-state index in [9.17, 15) is 5.11 Å². The topological polar surface area (TPSA) is 20.2 Å². The summed E-state index contributed by atoms with van der Waals surface area (Å²) in [5, 5.41) is 9.70. The highest BCUT2D eigenvalue weighted by molar-refractivity contribution is 7.99. The summed E-state index contributed by atoms with van der Waals surface area (Å²) in [7, 11) is 0. The molecule has 92 valence electrons. The van der Waals surface area contributed by atoms with Gasteiger partial charge in [0.25, 0.3) is 0 Å². The summed E-state index contributed by atoms with van der Waals surface area (Å²) in [6.07, 6.45) is 7.39. The van der Waals surface area contributed by atoms with Crippen molar-refractivity contribution in [3.05, 3.63) is 0 Å². The maximum Gasteiger partial charge on any atom is 0.0630 e. The van der Waals surface area contributed by atoms with Crippen molar-refractivity contribution >= 4 is 11.8 Å². The van der Waals surface area contributed by atoms with Gasteiger partial charge in [0.05, 0.1) is 6.10 Å². The third kappa shape index (κ3) is 12.2. The summed E-state index contributed by atoms with van der Waals surface area (Å²) in [4.78, 5) is 0. The third-order valence-electron chi connectivity index (χ3n) is 2.40. The van der Waals surface area contributed by atoms with Crippen molar-refractivity contribution in [3.8, 4) is 0 Å². The highest BCUT2D eigenvalue weighted by atomic mass is 32.2. The number of unbranched alkanes of at least 4 members (excludes halogenated alkanes) is 4. The lowest BCUT2D eigenvalue weighted by Crippen LogP contribution is -2.10. The Labute approximate surface area is 100 Å². The van der Waals surface area contributed by atoms with Crippen LogP contribution in [0.2, 0.25) is 0 Å². The van der Waals surface area contributed by atoms with Gasteiger partial charge in [-0.2, -0.15) is 11.8 Å². The Morgan fingerprint density at radius 3 is 2.27 bits per heavy atom. The third-order valence-corrected chi connectivity index (χ3v) is 3.93. The molecule has 0 amide bonds. The molecule has 0 spiro atoms. The van der Waals surface area contributed by atoms with E-state index in [1.165, 1.54) is 37.9 Å². The Morgan fingerprint density at radius 2 is 1.67 bits per heavy atom. The fourth-order valence-electron chi connectivity index (χ4n) is 1.51. The minimum absolute atomic E-state index is 0.0737. The molecule has 1 atom stereocenters. The van der Waals surface area contributed by atoms with Gasteiger partial charge in [-0.05, 0) is 18.1 Å². The van der Waals surface area contributed by atoms with Crippen LogP contribution in [-0.4, -0.2) is 22.7 Å². The van der Waals surface area contributed by atoms with Crippen LogP contribution in [0, 0.1) is 5.92 Å². The van der Waals surface area contributed by atoms with Crippen LogP contribution < -0.4 is 0 Å². The fourth-order valence-corrected chi connectivity index (χ4v) is 2.55. The molecule has 0 bridgehead atoms. The molecule has 0 rings (SSSR count). The largest absolute Gasteiger partial charge is 0.392 e. The second kappa shape index (κ2) is 10.8. The average molecular weight is 232 g/mol. The molecule has 0 radical (unpaired) electrons. The van der Waals surface area contributed by atoms with Gasteiger partial charge < -0.3 is 5.11 Å². The first-order valence-corrected chi connectivity index (χ1v) is 7.58. The number of hydrogen-bond donors (Lipinski definition) is 1. The number of hydrogen-bond acceptors (Lipinski definition) is 2. The molecule has 0 saturated heterocycles. The molecule has 0 aromatic rings. The molecule has 0 aliphatic rings. The van der Waals surface area contributed by atoms with Gasteiger partial charge in [0.2, 0.25) is 0 Å². The first-order valence-electron chi connectivity index (χ1n) is 6.42. The molecular formula is C13H28OS. The number of thioether (sulfide) groups is 1. The van der Waals surface area contributed by atoms with E-state index in [4.69, 9.17) is 0 Å². The van der Waals surface area contributed by atoms with Crippen LogP contribution >= 0.6 is 11.8 Å². The van der Waals surface area contributed by atoms with E-state index in [-0.39, 0.29) is 6.10 Å². The van der Waals surface area contributed by atoms with Crippen molar-refractivity contribution in [3.63, 3.8) is 0 Å². The zero-order valence-electron chi connectivity index (χ0n) is 10.7. The summed E-state index contributed by atoms with van der Waals surface area (Å²) >= 11 is 1.89. The lowest BCUT2D eigenvalue weighted by molar-refractivity contribution is 0.185. The highest BCUT2D eigenvalue weighted by Gasteiger charge is 2.04. The van der Waals surface area contributed by atoms with Crippen LogP contribution in [-0.2, 0) is 0 Å². The normalized spacial score (nSPS) is 13.4. The molecular weight excluding hydrogens is 204 g/mol. The van der Waals surface area contributed by atoms with Gasteiger partial charge in [0, 0.05) is 5.75 Å². The average Bonchev–Trinajstić information content (AvgIpc) is 2.17. The highest BCUT2D eigenvalue weighted by Crippen LogP contribution is 2.13. The summed E-state index contributed by atoms with van der Waals surface area (Å²) < 4.78 is 0. The predicted molar refractivity (Wildman–Crippen MR) is 71.5 cm³/mol. The standard InChI is InChI=1S/C13H28OS/c1-4-5-6-7-8-9-13(14)11-15-10-12(2)3/h12-14H,4-11H2,1-3H3. The lowest BCUT2D eigenvalue weighted by Gasteiger charge is -2.11. The monoisotopic (exact) mass is 232 g/mol. The molecule has 0 aromatic carbocycles. The first-order chi connectivity index (χ1) is 7.16. The zero-order valence-corrected chi connectivity index (χ0v) is 11.5. The molecule has 0 fully saturated rings. The quantitative estimate of drug-likeness (QED) is 0.572. The maximum atomic E-state index is 9.70. The number of aliphatic hydroxyl groups excluding tert-OH is 1. The van der Waals surface area contributed by atoms with E-state index in [0.717, 1.165) is 18.1 Å². The van der Waals surface area contributed by atoms with Gasteiger partial charge in [0.15, 0.2) is 0 Å². The smallest absolute Gasteiger partial charge is 0.0630 e. The van der Waals surface area contributed by atoms with Crippen LogP contribution in [0.25, 0.3) is 0 Å². The maximum absolute atomic E-state index is 9.70. The van der Waals surface area contributed by atoms with Crippen molar-refractivity contribution < 1.29 is 5.11 Å². The Hall–Kier alpha value is 0.310. The molecule has 2 heteroatoms. The van der Waals surface area contributed by atoms with E-state index >= 15 is 0 Å². The molecule has 1 nitrogen and oxygen atoms in total. The SMILES string of the molecule is CCCCCCCC(O)CSCC(C)C. The molecule has 0 heterocycles. The summed E-state index contributed by atoms with van der Waals surface area (Å²) in [5.41, 5.74) is 0. The number of rotatable bonds is 10. The van der Waals surface area contributed by atoms with Gasteiger partial charge >= 0.3 is 0 Å². The fraction of sp³-hybridized carbons (Fsp3) is 1.00. The summed E-state index contributed by atoms with van der Waals surface area (Å²) in [5.74, 6) is 2.84. The molecule has 1 unspecified atom stereocenters. The van der Waals surface area contributed by atoms with Gasteiger partial charge in [-0.3, -0.25) is 0 Å². The lowest BCUT2D eigenvalue weighted by atomic mass is 10.1.